The quantitative estimate of drug-likeness (QED) is 0.910. The maximum absolute atomic E-state index is 9.60. The molecule has 1 aliphatic heterocycles. The SMILES string of the molecule is CC(O)C1CCN(CCCc2nc3ccccc3o2)C1. The molecule has 1 aromatic carbocycles. The summed E-state index contributed by atoms with van der Waals surface area (Å²) in [7, 11) is 0. The molecule has 1 N–H and O–H groups in total. The fourth-order valence-corrected chi connectivity index (χ4v) is 2.94. The third-order valence-corrected chi connectivity index (χ3v) is 4.19. The van der Waals surface area contributed by atoms with E-state index in [1.807, 2.05) is 31.2 Å². The van der Waals surface area contributed by atoms with Gasteiger partial charge in [-0.2, -0.15) is 0 Å². The fourth-order valence-electron chi connectivity index (χ4n) is 2.94. The van der Waals surface area contributed by atoms with E-state index in [1.54, 1.807) is 0 Å². The summed E-state index contributed by atoms with van der Waals surface area (Å²) in [5.41, 5.74) is 1.82. The van der Waals surface area contributed by atoms with Crippen molar-refractivity contribution in [2.45, 2.75) is 32.3 Å². The molecule has 1 fully saturated rings. The van der Waals surface area contributed by atoms with Crippen LogP contribution in [0.15, 0.2) is 28.7 Å². The largest absolute Gasteiger partial charge is 0.441 e. The van der Waals surface area contributed by atoms with E-state index in [1.165, 1.54) is 0 Å². The normalized spacial score (nSPS) is 21.6. The molecule has 2 atom stereocenters. The molecule has 1 aliphatic rings. The van der Waals surface area contributed by atoms with Crippen molar-refractivity contribution < 1.29 is 9.52 Å². The third-order valence-electron chi connectivity index (χ3n) is 4.19. The second kappa shape index (κ2) is 5.94. The van der Waals surface area contributed by atoms with E-state index in [4.69, 9.17) is 4.42 Å². The van der Waals surface area contributed by atoms with Crippen LogP contribution < -0.4 is 0 Å². The number of fused-ring (bicyclic) bond motifs is 1. The Morgan fingerprint density at radius 1 is 1.45 bits per heavy atom. The minimum absolute atomic E-state index is 0.183. The predicted octanol–water partition coefficient (Wildman–Crippen LogP) is 2.46. The van der Waals surface area contributed by atoms with Crippen molar-refractivity contribution >= 4 is 11.1 Å². The van der Waals surface area contributed by atoms with Gasteiger partial charge in [-0.25, -0.2) is 4.98 Å². The number of aliphatic hydroxyl groups excluding tert-OH is 1. The summed E-state index contributed by atoms with van der Waals surface area (Å²) in [6.07, 6.45) is 2.86. The average Bonchev–Trinajstić information content (AvgIpc) is 3.04. The second-order valence-electron chi connectivity index (χ2n) is 5.77. The van der Waals surface area contributed by atoms with Gasteiger partial charge in [0.15, 0.2) is 11.5 Å². The van der Waals surface area contributed by atoms with Crippen molar-refractivity contribution in [2.75, 3.05) is 19.6 Å². The fraction of sp³-hybridized carbons (Fsp3) is 0.562. The predicted molar refractivity (Wildman–Crippen MR) is 78.6 cm³/mol. The number of hydrogen-bond donors (Lipinski definition) is 1. The first-order valence-electron chi connectivity index (χ1n) is 7.47. The smallest absolute Gasteiger partial charge is 0.195 e. The van der Waals surface area contributed by atoms with Crippen LogP contribution in [0.4, 0.5) is 0 Å². The van der Waals surface area contributed by atoms with Crippen molar-refractivity contribution in [3.05, 3.63) is 30.2 Å². The van der Waals surface area contributed by atoms with E-state index in [-0.39, 0.29) is 6.10 Å². The molecule has 2 heterocycles. The highest BCUT2D eigenvalue weighted by Gasteiger charge is 2.25. The molecule has 0 radical (unpaired) electrons. The topological polar surface area (TPSA) is 49.5 Å². The third kappa shape index (κ3) is 3.02. The number of para-hydroxylation sites is 2. The summed E-state index contributed by atoms with van der Waals surface area (Å²) in [6.45, 7) is 5.07. The first kappa shape index (κ1) is 13.6. The van der Waals surface area contributed by atoms with Crippen LogP contribution in [0.5, 0.6) is 0 Å². The zero-order valence-electron chi connectivity index (χ0n) is 12.0. The Morgan fingerprint density at radius 2 is 2.30 bits per heavy atom. The molecule has 108 valence electrons. The minimum Gasteiger partial charge on any atom is -0.441 e. The molecule has 0 bridgehead atoms. The van der Waals surface area contributed by atoms with Crippen molar-refractivity contribution in [1.29, 1.82) is 0 Å². The number of aryl methyl sites for hydroxylation is 1. The van der Waals surface area contributed by atoms with E-state index in [9.17, 15) is 5.11 Å². The molecule has 0 spiro atoms. The summed E-state index contributed by atoms with van der Waals surface area (Å²) >= 11 is 0. The van der Waals surface area contributed by atoms with Crippen LogP contribution in [0, 0.1) is 5.92 Å². The summed E-state index contributed by atoms with van der Waals surface area (Å²) in [5, 5.41) is 9.60. The van der Waals surface area contributed by atoms with Crippen LogP contribution in [-0.4, -0.2) is 40.7 Å². The zero-order valence-corrected chi connectivity index (χ0v) is 12.0. The van der Waals surface area contributed by atoms with Gasteiger partial charge in [-0.1, -0.05) is 12.1 Å². The van der Waals surface area contributed by atoms with E-state index in [0.29, 0.717) is 5.92 Å². The lowest BCUT2D eigenvalue weighted by molar-refractivity contribution is 0.127. The van der Waals surface area contributed by atoms with E-state index < -0.39 is 0 Å². The van der Waals surface area contributed by atoms with Crippen LogP contribution in [0.25, 0.3) is 11.1 Å². The van der Waals surface area contributed by atoms with Crippen LogP contribution in [0.3, 0.4) is 0 Å². The Morgan fingerprint density at radius 3 is 3.05 bits per heavy atom. The van der Waals surface area contributed by atoms with Gasteiger partial charge in [-0.05, 0) is 50.9 Å². The monoisotopic (exact) mass is 274 g/mol. The Bertz CT molecular complexity index is 531. The molecule has 20 heavy (non-hydrogen) atoms. The first-order chi connectivity index (χ1) is 9.72. The van der Waals surface area contributed by atoms with E-state index in [2.05, 4.69) is 9.88 Å². The molecule has 2 aromatic rings. The maximum atomic E-state index is 9.60. The van der Waals surface area contributed by atoms with Crippen molar-refractivity contribution in [1.82, 2.24) is 9.88 Å². The number of rotatable bonds is 5. The summed E-state index contributed by atoms with van der Waals surface area (Å²) in [6, 6.07) is 7.89. The highest BCUT2D eigenvalue weighted by molar-refractivity contribution is 5.72. The molecule has 1 saturated heterocycles. The minimum atomic E-state index is -0.183. The number of likely N-dealkylation sites (tertiary alicyclic amines) is 1. The van der Waals surface area contributed by atoms with E-state index in [0.717, 1.165) is 55.9 Å². The molecular formula is C16H22N2O2. The highest BCUT2D eigenvalue weighted by Crippen LogP contribution is 2.20. The van der Waals surface area contributed by atoms with E-state index >= 15 is 0 Å². The Labute approximate surface area is 119 Å². The van der Waals surface area contributed by atoms with Gasteiger partial charge in [-0.15, -0.1) is 0 Å². The lowest BCUT2D eigenvalue weighted by Gasteiger charge is -2.16. The lowest BCUT2D eigenvalue weighted by Crippen LogP contribution is -2.25. The number of hydrogen-bond acceptors (Lipinski definition) is 4. The van der Waals surface area contributed by atoms with Crippen molar-refractivity contribution in [2.24, 2.45) is 5.92 Å². The molecule has 4 nitrogen and oxygen atoms in total. The first-order valence-corrected chi connectivity index (χ1v) is 7.47. The maximum Gasteiger partial charge on any atom is 0.195 e. The molecule has 0 aliphatic carbocycles. The molecule has 2 unspecified atom stereocenters. The highest BCUT2D eigenvalue weighted by atomic mass is 16.3. The second-order valence-corrected chi connectivity index (χ2v) is 5.77. The number of aliphatic hydroxyl groups is 1. The molecule has 0 saturated carbocycles. The van der Waals surface area contributed by atoms with Gasteiger partial charge in [0.2, 0.25) is 0 Å². The van der Waals surface area contributed by atoms with Gasteiger partial charge in [0.05, 0.1) is 6.10 Å². The zero-order chi connectivity index (χ0) is 13.9. The number of aromatic nitrogens is 1. The Kier molecular flexibility index (Phi) is 4.03. The number of nitrogens with zero attached hydrogens (tertiary/aromatic N) is 2. The molecule has 4 heteroatoms. The van der Waals surface area contributed by atoms with Gasteiger partial charge in [0.25, 0.3) is 0 Å². The Balaban J connectivity index is 1.48. The van der Waals surface area contributed by atoms with Gasteiger partial charge >= 0.3 is 0 Å². The number of oxazole rings is 1. The van der Waals surface area contributed by atoms with Crippen LogP contribution >= 0.6 is 0 Å². The summed E-state index contributed by atoms with van der Waals surface area (Å²) < 4.78 is 5.72. The van der Waals surface area contributed by atoms with Crippen LogP contribution in [0.2, 0.25) is 0 Å². The van der Waals surface area contributed by atoms with Crippen molar-refractivity contribution in [3.8, 4) is 0 Å². The molecule has 3 rings (SSSR count). The van der Waals surface area contributed by atoms with Gasteiger partial charge in [-0.3, -0.25) is 0 Å². The van der Waals surface area contributed by atoms with Gasteiger partial charge < -0.3 is 14.4 Å². The average molecular weight is 274 g/mol. The molecular weight excluding hydrogens is 252 g/mol. The van der Waals surface area contributed by atoms with Gasteiger partial charge in [0, 0.05) is 13.0 Å². The number of benzene rings is 1. The van der Waals surface area contributed by atoms with Crippen molar-refractivity contribution in [3.63, 3.8) is 0 Å². The Hall–Kier alpha value is -1.39. The van der Waals surface area contributed by atoms with Crippen LogP contribution in [-0.2, 0) is 6.42 Å². The molecule has 1 aromatic heterocycles. The standard InChI is InChI=1S/C16H22N2O2/c1-12(19)13-8-10-18(11-13)9-4-7-16-17-14-5-2-3-6-15(14)20-16/h2-3,5-6,12-13,19H,4,7-11H2,1H3. The lowest BCUT2D eigenvalue weighted by atomic mass is 10.0. The van der Waals surface area contributed by atoms with Crippen LogP contribution in [0.1, 0.15) is 25.7 Å². The van der Waals surface area contributed by atoms with Gasteiger partial charge in [0.1, 0.15) is 5.52 Å². The summed E-state index contributed by atoms with van der Waals surface area (Å²) in [4.78, 5) is 6.93. The summed E-state index contributed by atoms with van der Waals surface area (Å²) in [5.74, 6) is 1.27. The molecule has 0 amide bonds.